The normalized spacial score (nSPS) is 12.8. The molecular weight excluding hydrogens is 260 g/mol. The third kappa shape index (κ3) is 3.37. The van der Waals surface area contributed by atoms with Gasteiger partial charge in [0, 0.05) is 24.2 Å². The first-order valence-electron chi connectivity index (χ1n) is 7.06. The lowest BCUT2D eigenvalue weighted by atomic mass is 9.96. The van der Waals surface area contributed by atoms with Crippen LogP contribution in [0.25, 0.3) is 5.70 Å². The Labute approximate surface area is 125 Å². The van der Waals surface area contributed by atoms with Crippen LogP contribution in [0.5, 0.6) is 0 Å². The van der Waals surface area contributed by atoms with Crippen LogP contribution in [0.1, 0.15) is 47.1 Å². The minimum absolute atomic E-state index is 0.139. The van der Waals surface area contributed by atoms with Gasteiger partial charge in [-0.2, -0.15) is 0 Å². The molecule has 3 heteroatoms. The molecule has 1 atom stereocenters. The molecule has 2 aromatic rings. The number of allylic oxidation sites excluding steroid dienone is 1. The molecule has 0 saturated heterocycles. The zero-order valence-corrected chi connectivity index (χ0v) is 12.6. The number of carbonyl (C=O) groups is 1. The highest BCUT2D eigenvalue weighted by Crippen LogP contribution is 2.24. The van der Waals surface area contributed by atoms with Crippen molar-refractivity contribution in [2.45, 2.75) is 19.8 Å². The molecule has 0 saturated carbocycles. The molecule has 0 radical (unpaired) electrons. The SMILES string of the molecule is C/C=C(\NC)c1cc(C=O)cc(C(C)c2ccccc2)n1. The van der Waals surface area contributed by atoms with Crippen LogP contribution in [-0.2, 0) is 0 Å². The molecule has 1 aromatic carbocycles. The monoisotopic (exact) mass is 280 g/mol. The second kappa shape index (κ2) is 6.84. The Morgan fingerprint density at radius 1 is 1.24 bits per heavy atom. The molecule has 0 fully saturated rings. The summed E-state index contributed by atoms with van der Waals surface area (Å²) >= 11 is 0. The van der Waals surface area contributed by atoms with Gasteiger partial charge in [0.25, 0.3) is 0 Å². The molecule has 1 unspecified atom stereocenters. The van der Waals surface area contributed by atoms with Gasteiger partial charge in [0.05, 0.1) is 11.4 Å². The number of nitrogens with one attached hydrogen (secondary N) is 1. The third-order valence-electron chi connectivity index (χ3n) is 3.58. The first-order chi connectivity index (χ1) is 10.2. The van der Waals surface area contributed by atoms with Crippen LogP contribution in [-0.4, -0.2) is 18.3 Å². The molecule has 2 rings (SSSR count). The number of hydrogen-bond donors (Lipinski definition) is 1. The molecule has 108 valence electrons. The van der Waals surface area contributed by atoms with E-state index in [1.54, 1.807) is 6.07 Å². The molecule has 0 aliphatic carbocycles. The van der Waals surface area contributed by atoms with E-state index in [9.17, 15) is 4.79 Å². The molecule has 0 spiro atoms. The Morgan fingerprint density at radius 3 is 2.52 bits per heavy atom. The van der Waals surface area contributed by atoms with Crippen LogP contribution in [0.2, 0.25) is 0 Å². The topological polar surface area (TPSA) is 42.0 Å². The highest BCUT2D eigenvalue weighted by Gasteiger charge is 2.13. The van der Waals surface area contributed by atoms with Gasteiger partial charge in [0.1, 0.15) is 6.29 Å². The van der Waals surface area contributed by atoms with Gasteiger partial charge in [-0.1, -0.05) is 43.3 Å². The number of nitrogens with zero attached hydrogens (tertiary/aromatic N) is 1. The number of rotatable bonds is 5. The molecule has 0 bridgehead atoms. The average Bonchev–Trinajstić information content (AvgIpc) is 2.55. The second-order valence-corrected chi connectivity index (χ2v) is 4.91. The van der Waals surface area contributed by atoms with Crippen LogP contribution in [0.4, 0.5) is 0 Å². The van der Waals surface area contributed by atoms with Gasteiger partial charge in [0.15, 0.2) is 0 Å². The van der Waals surface area contributed by atoms with E-state index < -0.39 is 0 Å². The Kier molecular flexibility index (Phi) is 4.88. The predicted octanol–water partition coefficient (Wildman–Crippen LogP) is 3.63. The van der Waals surface area contributed by atoms with Gasteiger partial charge in [-0.25, -0.2) is 0 Å². The van der Waals surface area contributed by atoms with Gasteiger partial charge in [-0.15, -0.1) is 0 Å². The van der Waals surface area contributed by atoms with Gasteiger partial charge < -0.3 is 5.32 Å². The lowest BCUT2D eigenvalue weighted by Gasteiger charge is -2.15. The van der Waals surface area contributed by atoms with E-state index in [0.717, 1.165) is 23.4 Å². The van der Waals surface area contributed by atoms with Crippen LogP contribution in [0.3, 0.4) is 0 Å². The van der Waals surface area contributed by atoms with E-state index in [2.05, 4.69) is 24.4 Å². The maximum absolute atomic E-state index is 11.2. The summed E-state index contributed by atoms with van der Waals surface area (Å²) in [6.07, 6.45) is 2.82. The number of aldehydes is 1. The highest BCUT2D eigenvalue weighted by atomic mass is 16.1. The fourth-order valence-electron chi connectivity index (χ4n) is 2.33. The molecule has 1 N–H and O–H groups in total. The van der Waals surface area contributed by atoms with Crippen molar-refractivity contribution >= 4 is 12.0 Å². The van der Waals surface area contributed by atoms with E-state index >= 15 is 0 Å². The van der Waals surface area contributed by atoms with Crippen molar-refractivity contribution in [3.63, 3.8) is 0 Å². The standard InChI is InChI=1S/C18H20N2O/c1-4-16(19-3)18-11-14(12-21)10-17(20-18)13(2)15-8-6-5-7-9-15/h4-13,19H,1-3H3/b16-4-. The molecule has 3 nitrogen and oxygen atoms in total. The van der Waals surface area contributed by atoms with Crippen molar-refractivity contribution in [3.8, 4) is 0 Å². The molecule has 21 heavy (non-hydrogen) atoms. The Morgan fingerprint density at radius 2 is 1.95 bits per heavy atom. The molecule has 1 heterocycles. The minimum Gasteiger partial charge on any atom is -0.387 e. The van der Waals surface area contributed by atoms with E-state index in [-0.39, 0.29) is 5.92 Å². The predicted molar refractivity (Wildman–Crippen MR) is 86.3 cm³/mol. The van der Waals surface area contributed by atoms with Crippen molar-refractivity contribution in [3.05, 3.63) is 71.1 Å². The summed E-state index contributed by atoms with van der Waals surface area (Å²) in [6.45, 7) is 4.05. The lowest BCUT2D eigenvalue weighted by Crippen LogP contribution is -2.09. The summed E-state index contributed by atoms with van der Waals surface area (Å²) in [5.74, 6) is 0.139. The molecule has 0 amide bonds. The number of pyridine rings is 1. The van der Waals surface area contributed by atoms with E-state index in [1.807, 2.05) is 44.3 Å². The van der Waals surface area contributed by atoms with Crippen molar-refractivity contribution in [1.29, 1.82) is 0 Å². The van der Waals surface area contributed by atoms with Gasteiger partial charge in [-0.05, 0) is 24.6 Å². The smallest absolute Gasteiger partial charge is 0.150 e. The van der Waals surface area contributed by atoms with Crippen LogP contribution >= 0.6 is 0 Å². The summed E-state index contributed by atoms with van der Waals surface area (Å²) < 4.78 is 0. The fourth-order valence-corrected chi connectivity index (χ4v) is 2.33. The zero-order valence-electron chi connectivity index (χ0n) is 12.6. The van der Waals surface area contributed by atoms with Gasteiger partial charge in [0.2, 0.25) is 0 Å². The Hall–Kier alpha value is -2.42. The minimum atomic E-state index is 0.139. The highest BCUT2D eigenvalue weighted by molar-refractivity contribution is 5.77. The number of hydrogen-bond acceptors (Lipinski definition) is 3. The van der Waals surface area contributed by atoms with E-state index in [0.29, 0.717) is 5.56 Å². The summed E-state index contributed by atoms with van der Waals surface area (Å²) in [4.78, 5) is 15.9. The van der Waals surface area contributed by atoms with Crippen LogP contribution < -0.4 is 5.32 Å². The third-order valence-corrected chi connectivity index (χ3v) is 3.58. The molecular formula is C18H20N2O. The largest absolute Gasteiger partial charge is 0.387 e. The summed E-state index contributed by atoms with van der Waals surface area (Å²) in [5, 5.41) is 3.11. The molecule has 0 aliphatic rings. The average molecular weight is 280 g/mol. The zero-order chi connectivity index (χ0) is 15.2. The summed E-state index contributed by atoms with van der Waals surface area (Å²) in [6, 6.07) is 13.8. The fraction of sp³-hybridized carbons (Fsp3) is 0.222. The second-order valence-electron chi connectivity index (χ2n) is 4.91. The summed E-state index contributed by atoms with van der Waals surface area (Å²) in [5.41, 5.74) is 4.44. The Bertz CT molecular complexity index is 648. The molecule has 0 aliphatic heterocycles. The number of carbonyl (C=O) groups excluding carboxylic acids is 1. The van der Waals surface area contributed by atoms with Crippen molar-refractivity contribution in [1.82, 2.24) is 10.3 Å². The summed E-state index contributed by atoms with van der Waals surface area (Å²) in [7, 11) is 1.85. The maximum Gasteiger partial charge on any atom is 0.150 e. The first-order valence-corrected chi connectivity index (χ1v) is 7.06. The van der Waals surface area contributed by atoms with Gasteiger partial charge >= 0.3 is 0 Å². The van der Waals surface area contributed by atoms with Crippen molar-refractivity contribution < 1.29 is 4.79 Å². The number of benzene rings is 1. The van der Waals surface area contributed by atoms with Gasteiger partial charge in [-0.3, -0.25) is 9.78 Å². The van der Waals surface area contributed by atoms with E-state index in [4.69, 9.17) is 4.98 Å². The lowest BCUT2D eigenvalue weighted by molar-refractivity contribution is 0.112. The van der Waals surface area contributed by atoms with Crippen LogP contribution in [0.15, 0.2) is 48.5 Å². The van der Waals surface area contributed by atoms with Crippen LogP contribution in [0, 0.1) is 0 Å². The first kappa shape index (κ1) is 15.0. The quantitative estimate of drug-likeness (QED) is 0.850. The maximum atomic E-state index is 11.2. The molecule has 1 aromatic heterocycles. The Balaban J connectivity index is 2.48. The number of aromatic nitrogens is 1. The van der Waals surface area contributed by atoms with E-state index in [1.165, 1.54) is 5.56 Å². The van der Waals surface area contributed by atoms with Crippen molar-refractivity contribution in [2.24, 2.45) is 0 Å². The van der Waals surface area contributed by atoms with Crippen molar-refractivity contribution in [2.75, 3.05) is 7.05 Å².